The second-order valence-electron chi connectivity index (χ2n) is 1.04. The smallest absolute Gasteiger partial charge is 0.246 e. The Balaban J connectivity index is 3.61. The second-order valence-corrected chi connectivity index (χ2v) is 1.04. The van der Waals surface area contributed by atoms with Gasteiger partial charge < -0.3 is 0 Å². The van der Waals surface area contributed by atoms with E-state index in [1.165, 1.54) is 0 Å². The van der Waals surface area contributed by atoms with Crippen LogP contribution in [0.2, 0.25) is 0 Å². The van der Waals surface area contributed by atoms with Gasteiger partial charge in [-0.2, -0.15) is 0 Å². The lowest BCUT2D eigenvalue weighted by molar-refractivity contribution is 0.158. The molecule has 0 heterocycles. The normalized spacial score (nSPS) is 12.9. The van der Waals surface area contributed by atoms with Crippen molar-refractivity contribution in [3.8, 4) is 0 Å². The van der Waals surface area contributed by atoms with E-state index in [4.69, 9.17) is 0 Å². The van der Waals surface area contributed by atoms with Gasteiger partial charge in [0.25, 0.3) is 6.43 Å². The lowest BCUT2D eigenvalue weighted by Gasteiger charge is -1.88. The predicted octanol–water partition coefficient (Wildman–Crippen LogP) is 2.07. The standard InChI is InChI=1S/C4H4F4/c5-2-1-3(6)4(7)8/h1,4H,2H2/b3-1-. The SMILES string of the molecule is FC/C=C(\F)C(F)F. The van der Waals surface area contributed by atoms with Crippen molar-refractivity contribution in [2.45, 2.75) is 6.43 Å². The van der Waals surface area contributed by atoms with Gasteiger partial charge in [-0.1, -0.05) is 0 Å². The minimum absolute atomic E-state index is 0.199. The molecule has 48 valence electrons. The molecule has 0 aromatic heterocycles. The van der Waals surface area contributed by atoms with Gasteiger partial charge in [0.15, 0.2) is 5.83 Å². The Morgan fingerprint density at radius 1 is 1.50 bits per heavy atom. The van der Waals surface area contributed by atoms with Crippen molar-refractivity contribution in [1.82, 2.24) is 0 Å². The number of hydrogen-bond acceptors (Lipinski definition) is 0. The summed E-state index contributed by atoms with van der Waals surface area (Å²) in [5.41, 5.74) is 0. The minimum atomic E-state index is -3.18. The van der Waals surface area contributed by atoms with E-state index in [0.29, 0.717) is 0 Å². The molecule has 0 saturated carbocycles. The van der Waals surface area contributed by atoms with Gasteiger partial charge >= 0.3 is 0 Å². The van der Waals surface area contributed by atoms with Gasteiger partial charge in [0.2, 0.25) is 0 Å². The molecule has 8 heavy (non-hydrogen) atoms. The molecule has 0 radical (unpaired) electrons. The van der Waals surface area contributed by atoms with Gasteiger partial charge in [-0.15, -0.1) is 0 Å². The highest BCUT2D eigenvalue weighted by Crippen LogP contribution is 2.08. The summed E-state index contributed by atoms with van der Waals surface area (Å²) in [5.74, 6) is -1.70. The maximum absolute atomic E-state index is 11.4. The highest BCUT2D eigenvalue weighted by atomic mass is 19.3. The summed E-state index contributed by atoms with van der Waals surface area (Å²) in [6, 6.07) is 0. The average Bonchev–Trinajstić information content (AvgIpc) is 1.67. The molecule has 0 nitrogen and oxygen atoms in total. The van der Waals surface area contributed by atoms with Crippen LogP contribution in [0, 0.1) is 0 Å². The lowest BCUT2D eigenvalue weighted by atomic mass is 10.5. The first-order chi connectivity index (χ1) is 3.68. The Labute approximate surface area is 43.8 Å². The highest BCUT2D eigenvalue weighted by molar-refractivity contribution is 4.93. The minimum Gasteiger partial charge on any atom is -0.246 e. The van der Waals surface area contributed by atoms with Crippen LogP contribution in [0.25, 0.3) is 0 Å². The zero-order chi connectivity index (χ0) is 6.57. The molecule has 0 aliphatic rings. The van der Waals surface area contributed by atoms with Crippen LogP contribution in [-0.2, 0) is 0 Å². The van der Waals surface area contributed by atoms with Gasteiger partial charge in [0.1, 0.15) is 6.67 Å². The summed E-state index contributed by atoms with van der Waals surface area (Å²) < 4.78 is 44.4. The Morgan fingerprint density at radius 3 is 2.12 bits per heavy atom. The van der Waals surface area contributed by atoms with Crippen LogP contribution in [0.15, 0.2) is 11.9 Å². The largest absolute Gasteiger partial charge is 0.289 e. The second kappa shape index (κ2) is 3.46. The van der Waals surface area contributed by atoms with Crippen LogP contribution in [0.3, 0.4) is 0 Å². The number of halogens is 4. The average molecular weight is 128 g/mol. The third-order valence-electron chi connectivity index (χ3n) is 0.481. The summed E-state index contributed by atoms with van der Waals surface area (Å²) in [4.78, 5) is 0. The first-order valence-electron chi connectivity index (χ1n) is 1.88. The molecule has 0 aliphatic carbocycles. The summed E-state index contributed by atoms with van der Waals surface area (Å²) in [7, 11) is 0. The maximum Gasteiger partial charge on any atom is 0.289 e. The molecule has 0 N–H and O–H groups in total. The molecule has 0 aliphatic heterocycles. The van der Waals surface area contributed by atoms with E-state index in [1.54, 1.807) is 0 Å². The number of allylic oxidation sites excluding steroid dienone is 2. The monoisotopic (exact) mass is 128 g/mol. The fourth-order valence-electron chi connectivity index (χ4n) is 0.163. The molecule has 0 unspecified atom stereocenters. The van der Waals surface area contributed by atoms with E-state index >= 15 is 0 Å². The lowest BCUT2D eigenvalue weighted by Crippen LogP contribution is -1.89. The molecule has 0 fully saturated rings. The van der Waals surface area contributed by atoms with Crippen molar-refractivity contribution in [3.63, 3.8) is 0 Å². The van der Waals surface area contributed by atoms with Gasteiger partial charge in [0.05, 0.1) is 0 Å². The first kappa shape index (κ1) is 7.46. The highest BCUT2D eigenvalue weighted by Gasteiger charge is 2.07. The van der Waals surface area contributed by atoms with Crippen LogP contribution in [-0.4, -0.2) is 13.1 Å². The fourth-order valence-corrected chi connectivity index (χ4v) is 0.163. The number of alkyl halides is 3. The molecular weight excluding hydrogens is 124 g/mol. The molecule has 0 amide bonds. The summed E-state index contributed by atoms with van der Waals surface area (Å²) in [5, 5.41) is 0. The van der Waals surface area contributed by atoms with Gasteiger partial charge in [-0.05, 0) is 6.08 Å². The zero-order valence-electron chi connectivity index (χ0n) is 3.87. The number of hydrogen-bond donors (Lipinski definition) is 0. The van der Waals surface area contributed by atoms with Crippen molar-refractivity contribution < 1.29 is 17.6 Å². The summed E-state index contributed by atoms with van der Waals surface area (Å²) >= 11 is 0. The van der Waals surface area contributed by atoms with Crippen molar-refractivity contribution in [3.05, 3.63) is 11.9 Å². The molecule has 0 bridgehead atoms. The fraction of sp³-hybridized carbons (Fsp3) is 0.500. The molecule has 0 saturated heterocycles. The van der Waals surface area contributed by atoms with E-state index in [1.807, 2.05) is 0 Å². The van der Waals surface area contributed by atoms with E-state index in [0.717, 1.165) is 0 Å². The summed E-state index contributed by atoms with van der Waals surface area (Å²) in [6.45, 7) is -1.18. The molecule has 0 aromatic carbocycles. The van der Waals surface area contributed by atoms with Crippen LogP contribution in [0.5, 0.6) is 0 Å². The van der Waals surface area contributed by atoms with E-state index in [9.17, 15) is 17.6 Å². The van der Waals surface area contributed by atoms with Crippen LogP contribution in [0.4, 0.5) is 17.6 Å². The maximum atomic E-state index is 11.4. The van der Waals surface area contributed by atoms with Gasteiger partial charge in [0, 0.05) is 0 Å². The predicted molar refractivity (Wildman–Crippen MR) is 21.2 cm³/mol. The Kier molecular flexibility index (Phi) is 3.23. The quantitative estimate of drug-likeness (QED) is 0.499. The Hall–Kier alpha value is -0.540. The number of rotatable bonds is 2. The van der Waals surface area contributed by atoms with Gasteiger partial charge in [-0.25, -0.2) is 17.6 Å². The van der Waals surface area contributed by atoms with Crippen LogP contribution < -0.4 is 0 Å². The van der Waals surface area contributed by atoms with Crippen molar-refractivity contribution in [1.29, 1.82) is 0 Å². The van der Waals surface area contributed by atoms with Crippen molar-refractivity contribution in [2.75, 3.05) is 6.67 Å². The van der Waals surface area contributed by atoms with E-state index in [2.05, 4.69) is 0 Å². The summed E-state index contributed by atoms with van der Waals surface area (Å²) in [6.07, 6.45) is -2.98. The first-order valence-corrected chi connectivity index (χ1v) is 1.88. The molecule has 0 rings (SSSR count). The van der Waals surface area contributed by atoms with Crippen molar-refractivity contribution in [2.24, 2.45) is 0 Å². The molecule has 0 spiro atoms. The topological polar surface area (TPSA) is 0 Å². The Morgan fingerprint density at radius 2 is 2.00 bits per heavy atom. The van der Waals surface area contributed by atoms with E-state index in [-0.39, 0.29) is 6.08 Å². The third kappa shape index (κ3) is 2.60. The van der Waals surface area contributed by atoms with Crippen LogP contribution >= 0.6 is 0 Å². The van der Waals surface area contributed by atoms with Crippen molar-refractivity contribution >= 4 is 0 Å². The Bertz CT molecular complexity index is 86.0. The molecule has 4 heteroatoms. The molecule has 0 aromatic rings. The van der Waals surface area contributed by atoms with Gasteiger partial charge in [-0.3, -0.25) is 0 Å². The van der Waals surface area contributed by atoms with Crippen LogP contribution in [0.1, 0.15) is 0 Å². The zero-order valence-corrected chi connectivity index (χ0v) is 3.87. The molecule has 0 atom stereocenters. The molecular formula is C4H4F4. The third-order valence-corrected chi connectivity index (χ3v) is 0.481. The van der Waals surface area contributed by atoms with E-state index < -0.39 is 18.9 Å².